The summed E-state index contributed by atoms with van der Waals surface area (Å²) in [5.74, 6) is 1.24. The number of nitrogens with zero attached hydrogens (tertiary/aromatic N) is 4. The highest BCUT2D eigenvalue weighted by atomic mass is 32.2. The van der Waals surface area contributed by atoms with Gasteiger partial charge >= 0.3 is 0 Å². The van der Waals surface area contributed by atoms with Crippen LogP contribution in [0, 0.1) is 0 Å². The van der Waals surface area contributed by atoms with Gasteiger partial charge in [0.15, 0.2) is 0 Å². The lowest BCUT2D eigenvalue weighted by atomic mass is 10.2. The van der Waals surface area contributed by atoms with Gasteiger partial charge in [-0.1, -0.05) is 12.1 Å². The van der Waals surface area contributed by atoms with Crippen molar-refractivity contribution >= 4 is 20.5 Å². The third kappa shape index (κ3) is 3.48. The smallest absolute Gasteiger partial charge is 0.240 e. The summed E-state index contributed by atoms with van der Waals surface area (Å²) in [4.78, 5) is 9.65. The lowest BCUT2D eigenvalue weighted by Crippen LogP contribution is -2.01. The number of hydrogen-bond donors (Lipinski definition) is 0. The molecule has 0 saturated carbocycles. The summed E-state index contributed by atoms with van der Waals surface area (Å²) < 4.78 is 20.3. The third-order valence-corrected chi connectivity index (χ3v) is 6.80. The number of benzene rings is 1. The van der Waals surface area contributed by atoms with Gasteiger partial charge in [-0.3, -0.25) is 13.7 Å². The summed E-state index contributed by atoms with van der Waals surface area (Å²) in [5, 5.41) is 0.873. The van der Waals surface area contributed by atoms with Crippen molar-refractivity contribution in [2.45, 2.75) is 11.5 Å². The first-order chi connectivity index (χ1) is 12.6. The summed E-state index contributed by atoms with van der Waals surface area (Å²) in [7, 11) is 3.73. The Morgan fingerprint density at radius 2 is 1.81 bits per heavy atom. The van der Waals surface area contributed by atoms with Gasteiger partial charge in [-0.05, 0) is 39.4 Å². The maximum Gasteiger partial charge on any atom is 0.240 e. The lowest BCUT2D eigenvalue weighted by molar-refractivity contribution is 0.309. The van der Waals surface area contributed by atoms with Gasteiger partial charge in [0.2, 0.25) is 5.88 Å². The quantitative estimate of drug-likeness (QED) is 0.681. The van der Waals surface area contributed by atoms with Crippen molar-refractivity contribution < 1.29 is 9.47 Å². The molecular weight excluding hydrogens is 348 g/mol. The molecule has 3 aromatic rings. The van der Waals surface area contributed by atoms with E-state index in [-0.39, 0.29) is 0 Å². The van der Waals surface area contributed by atoms with E-state index in [0.717, 1.165) is 21.6 Å². The largest absolute Gasteiger partial charge is 0.488 e. The molecule has 3 rings (SSSR count). The number of rotatable bonds is 5. The van der Waals surface area contributed by atoms with Crippen LogP contribution < -0.4 is 9.47 Å². The molecule has 0 N–H and O–H groups in total. The number of pyridine rings is 2. The van der Waals surface area contributed by atoms with E-state index >= 15 is 0 Å². The van der Waals surface area contributed by atoms with E-state index in [1.165, 1.54) is 0 Å². The molecule has 0 fully saturated rings. The molecule has 2 heterocycles. The van der Waals surface area contributed by atoms with Gasteiger partial charge in [0, 0.05) is 43.0 Å². The molecule has 1 aromatic carbocycles. The van der Waals surface area contributed by atoms with Crippen molar-refractivity contribution in [3.63, 3.8) is 0 Å². The fourth-order valence-electron chi connectivity index (χ4n) is 2.63. The van der Waals surface area contributed by atoms with Crippen LogP contribution in [0.25, 0.3) is 10.9 Å². The van der Waals surface area contributed by atoms with Crippen LogP contribution in [0.2, 0.25) is 0 Å². The van der Waals surface area contributed by atoms with E-state index in [9.17, 15) is 0 Å². The van der Waals surface area contributed by atoms with Crippen LogP contribution in [-0.2, 0) is 16.2 Å². The van der Waals surface area contributed by atoms with Gasteiger partial charge in [0.1, 0.15) is 17.9 Å². The second kappa shape index (κ2) is 7.70. The maximum absolute atomic E-state index is 6.06. The van der Waals surface area contributed by atoms with Gasteiger partial charge in [-0.25, -0.2) is 4.98 Å². The second-order valence-electron chi connectivity index (χ2n) is 5.66. The third-order valence-electron chi connectivity index (χ3n) is 4.23. The fraction of sp³-hybridized carbons (Fsp3) is 0.263. The first-order valence-electron chi connectivity index (χ1n) is 8.11. The highest BCUT2D eigenvalue weighted by Crippen LogP contribution is 2.29. The molecule has 6 nitrogen and oxygen atoms in total. The summed E-state index contributed by atoms with van der Waals surface area (Å²) in [6.45, 7) is 0.445. The Hall–Kier alpha value is -2.67. The number of methoxy groups -OCH3 is 1. The minimum absolute atomic E-state index is 0.445. The van der Waals surface area contributed by atoms with Crippen LogP contribution in [0.5, 0.6) is 11.6 Å². The molecule has 0 spiro atoms. The predicted molar refractivity (Wildman–Crippen MR) is 105 cm³/mol. The van der Waals surface area contributed by atoms with Crippen molar-refractivity contribution in [2.24, 2.45) is 8.73 Å². The van der Waals surface area contributed by atoms with Gasteiger partial charge in [-0.2, -0.15) is 0 Å². The molecule has 0 atom stereocenters. The van der Waals surface area contributed by atoms with Crippen molar-refractivity contribution in [3.8, 4) is 11.6 Å². The van der Waals surface area contributed by atoms with Crippen LogP contribution in [0.15, 0.2) is 62.4 Å². The van der Waals surface area contributed by atoms with Crippen LogP contribution in [-0.4, -0.2) is 37.4 Å². The van der Waals surface area contributed by atoms with E-state index in [4.69, 9.17) is 9.47 Å². The first-order valence-corrected chi connectivity index (χ1v) is 10.1. The van der Waals surface area contributed by atoms with Crippen LogP contribution in [0.4, 0.5) is 0 Å². The van der Waals surface area contributed by atoms with E-state index in [1.54, 1.807) is 19.5 Å². The SMILES string of the molecule is CN=S(C)(=NC)c1cccc(COc2ccnc3c(OC)nccc23)c1. The van der Waals surface area contributed by atoms with E-state index in [0.29, 0.717) is 18.0 Å². The van der Waals surface area contributed by atoms with Crippen molar-refractivity contribution in [3.05, 3.63) is 54.4 Å². The van der Waals surface area contributed by atoms with Gasteiger partial charge in [0.25, 0.3) is 0 Å². The number of ether oxygens (including phenoxy) is 2. The normalized spacial score (nSPS) is 11.2. The Balaban J connectivity index is 1.90. The Labute approximate surface area is 154 Å². The van der Waals surface area contributed by atoms with Gasteiger partial charge < -0.3 is 9.47 Å². The molecule has 7 heteroatoms. The summed E-state index contributed by atoms with van der Waals surface area (Å²) in [6.07, 6.45) is 5.46. The highest BCUT2D eigenvalue weighted by molar-refractivity contribution is 7.95. The molecule has 0 aliphatic heterocycles. The monoisotopic (exact) mass is 370 g/mol. The molecule has 0 aliphatic rings. The van der Waals surface area contributed by atoms with Crippen molar-refractivity contribution in [1.82, 2.24) is 9.97 Å². The molecule has 2 aromatic heterocycles. The zero-order chi connectivity index (χ0) is 18.6. The molecule has 136 valence electrons. The topological polar surface area (TPSA) is 69.0 Å². The first kappa shape index (κ1) is 18.1. The Morgan fingerprint density at radius 3 is 2.54 bits per heavy atom. The molecule has 0 aliphatic carbocycles. The number of fused-ring (bicyclic) bond motifs is 1. The zero-order valence-corrected chi connectivity index (χ0v) is 16.2. The Morgan fingerprint density at radius 1 is 1.04 bits per heavy atom. The van der Waals surface area contributed by atoms with E-state index in [2.05, 4.69) is 37.1 Å². The molecule has 0 unspecified atom stereocenters. The molecule has 0 radical (unpaired) electrons. The van der Waals surface area contributed by atoms with Crippen molar-refractivity contribution in [1.29, 1.82) is 0 Å². The Bertz CT molecular complexity index is 1040. The van der Waals surface area contributed by atoms with Crippen LogP contribution in [0.1, 0.15) is 5.56 Å². The van der Waals surface area contributed by atoms with Gasteiger partial charge in [-0.15, -0.1) is 0 Å². The zero-order valence-electron chi connectivity index (χ0n) is 15.3. The van der Waals surface area contributed by atoms with Crippen molar-refractivity contribution in [2.75, 3.05) is 27.5 Å². The standard InChI is InChI=1S/C19H22N4O2S/c1-20-26(4,21-2)15-7-5-6-14(12-15)13-25-17-9-11-22-18-16(17)8-10-23-19(18)24-3/h5-12H,13H2,1-4H3. The molecule has 26 heavy (non-hydrogen) atoms. The summed E-state index contributed by atoms with van der Waals surface area (Å²) >= 11 is 0. The van der Waals surface area contributed by atoms with Crippen LogP contribution in [0.3, 0.4) is 0 Å². The molecule has 0 saturated heterocycles. The average molecular weight is 370 g/mol. The summed E-state index contributed by atoms with van der Waals surface area (Å²) in [6, 6.07) is 12.0. The number of hydrogen-bond acceptors (Lipinski definition) is 6. The predicted octanol–water partition coefficient (Wildman–Crippen LogP) is 3.99. The molecule has 0 bridgehead atoms. The molecular formula is C19H22N4O2S. The van der Waals surface area contributed by atoms with Gasteiger partial charge in [0.05, 0.1) is 7.11 Å². The minimum Gasteiger partial charge on any atom is -0.488 e. The average Bonchev–Trinajstić information content (AvgIpc) is 2.71. The molecule has 0 amide bonds. The van der Waals surface area contributed by atoms with E-state index in [1.807, 2.05) is 38.4 Å². The highest BCUT2D eigenvalue weighted by Gasteiger charge is 2.09. The van der Waals surface area contributed by atoms with Crippen LogP contribution >= 0.6 is 0 Å². The Kier molecular flexibility index (Phi) is 5.37. The fourth-order valence-corrected chi connectivity index (χ4v) is 3.93. The second-order valence-corrected chi connectivity index (χ2v) is 8.53. The maximum atomic E-state index is 6.06. The lowest BCUT2D eigenvalue weighted by Gasteiger charge is -2.13. The van der Waals surface area contributed by atoms with E-state index < -0.39 is 9.62 Å². The number of aromatic nitrogens is 2. The minimum atomic E-state index is -1.48. The summed E-state index contributed by atoms with van der Waals surface area (Å²) in [5.41, 5.74) is 1.76.